The van der Waals surface area contributed by atoms with Gasteiger partial charge in [-0.15, -0.1) is 0 Å². The molecule has 4 rings (SSSR count). The number of carbonyl (C=O) groups is 1. The van der Waals surface area contributed by atoms with Gasteiger partial charge in [-0.2, -0.15) is 4.31 Å². The minimum Gasteiger partial charge on any atom is -0.368 e. The molecule has 0 radical (unpaired) electrons. The zero-order valence-electron chi connectivity index (χ0n) is 17.5. The van der Waals surface area contributed by atoms with Gasteiger partial charge in [0.2, 0.25) is 10.0 Å². The second kappa shape index (κ2) is 8.78. The maximum absolute atomic E-state index is 13.1. The van der Waals surface area contributed by atoms with Crippen molar-refractivity contribution >= 4 is 21.6 Å². The average Bonchev–Trinajstić information content (AvgIpc) is 2.80. The summed E-state index contributed by atoms with van der Waals surface area (Å²) in [6.07, 6.45) is 2.85. The lowest BCUT2D eigenvalue weighted by Crippen LogP contribution is -2.49. The van der Waals surface area contributed by atoms with Crippen LogP contribution in [0.1, 0.15) is 35.2 Å². The van der Waals surface area contributed by atoms with Crippen LogP contribution in [-0.2, 0) is 10.0 Å². The quantitative estimate of drug-likeness (QED) is 0.752. The predicted molar refractivity (Wildman–Crippen MR) is 118 cm³/mol. The molecule has 2 aliphatic rings. The Hall–Kier alpha value is -2.38. The topological polar surface area (TPSA) is 60.9 Å². The number of carbonyl (C=O) groups excluding carboxylic acids is 1. The Morgan fingerprint density at radius 1 is 0.833 bits per heavy atom. The van der Waals surface area contributed by atoms with E-state index in [1.165, 1.54) is 11.3 Å². The van der Waals surface area contributed by atoms with Crippen LogP contribution in [-0.4, -0.2) is 62.8 Å². The molecular formula is C23H29N3O3S. The molecule has 7 heteroatoms. The first-order chi connectivity index (χ1) is 14.5. The minimum atomic E-state index is -3.54. The highest BCUT2D eigenvalue weighted by atomic mass is 32.2. The Balaban J connectivity index is 1.46. The molecule has 2 fully saturated rings. The molecule has 2 heterocycles. The first kappa shape index (κ1) is 20.9. The van der Waals surface area contributed by atoms with Crippen LogP contribution < -0.4 is 4.90 Å². The SMILES string of the molecule is Cc1ccccc1N1CCN(C(=O)c2cccc(S(=O)(=O)N3CCCCC3)c2)CC1. The number of sulfonamides is 1. The molecule has 0 aliphatic carbocycles. The van der Waals surface area contributed by atoms with E-state index >= 15 is 0 Å². The Labute approximate surface area is 179 Å². The number of rotatable bonds is 4. The summed E-state index contributed by atoms with van der Waals surface area (Å²) in [6, 6.07) is 14.8. The van der Waals surface area contributed by atoms with Crippen molar-refractivity contribution in [3.63, 3.8) is 0 Å². The minimum absolute atomic E-state index is 0.102. The second-order valence-electron chi connectivity index (χ2n) is 8.06. The average molecular weight is 428 g/mol. The van der Waals surface area contributed by atoms with E-state index in [2.05, 4.69) is 24.0 Å². The molecule has 0 unspecified atom stereocenters. The normalized spacial score (nSPS) is 18.4. The molecule has 0 bridgehead atoms. The third-order valence-electron chi connectivity index (χ3n) is 6.06. The first-order valence-electron chi connectivity index (χ1n) is 10.7. The highest BCUT2D eigenvalue weighted by Gasteiger charge is 2.28. The Morgan fingerprint density at radius 2 is 1.53 bits per heavy atom. The van der Waals surface area contributed by atoms with E-state index < -0.39 is 10.0 Å². The van der Waals surface area contributed by atoms with Gasteiger partial charge in [0.05, 0.1) is 4.90 Å². The van der Waals surface area contributed by atoms with Crippen LogP contribution in [0.3, 0.4) is 0 Å². The number of hydrogen-bond donors (Lipinski definition) is 0. The van der Waals surface area contributed by atoms with Gasteiger partial charge in [0.15, 0.2) is 0 Å². The van der Waals surface area contributed by atoms with Crippen LogP contribution in [0.15, 0.2) is 53.4 Å². The fourth-order valence-electron chi connectivity index (χ4n) is 4.30. The third-order valence-corrected chi connectivity index (χ3v) is 7.95. The number of hydrogen-bond acceptors (Lipinski definition) is 4. The lowest BCUT2D eigenvalue weighted by molar-refractivity contribution is 0.0746. The van der Waals surface area contributed by atoms with E-state index in [1.807, 2.05) is 17.0 Å². The van der Waals surface area contributed by atoms with Gasteiger partial charge < -0.3 is 9.80 Å². The number of aryl methyl sites for hydroxylation is 1. The molecule has 0 saturated carbocycles. The van der Waals surface area contributed by atoms with Crippen LogP contribution >= 0.6 is 0 Å². The Kier molecular flexibility index (Phi) is 6.11. The molecular weight excluding hydrogens is 398 g/mol. The Bertz CT molecular complexity index is 1010. The van der Waals surface area contributed by atoms with Crippen molar-refractivity contribution < 1.29 is 13.2 Å². The van der Waals surface area contributed by atoms with Crippen LogP contribution in [0.25, 0.3) is 0 Å². The van der Waals surface area contributed by atoms with Crippen LogP contribution in [0.4, 0.5) is 5.69 Å². The van der Waals surface area contributed by atoms with Gasteiger partial charge in [0, 0.05) is 50.5 Å². The molecule has 0 atom stereocenters. The smallest absolute Gasteiger partial charge is 0.254 e. The van der Waals surface area contributed by atoms with E-state index in [9.17, 15) is 13.2 Å². The molecule has 6 nitrogen and oxygen atoms in total. The number of piperidine rings is 1. The maximum Gasteiger partial charge on any atom is 0.254 e. The van der Waals surface area contributed by atoms with Gasteiger partial charge in [0.1, 0.15) is 0 Å². The second-order valence-corrected chi connectivity index (χ2v) is 10.00. The first-order valence-corrected chi connectivity index (χ1v) is 12.1. The van der Waals surface area contributed by atoms with Gasteiger partial charge in [-0.05, 0) is 49.6 Å². The Morgan fingerprint density at radius 3 is 2.23 bits per heavy atom. The monoisotopic (exact) mass is 427 g/mol. The number of nitrogens with zero attached hydrogens (tertiary/aromatic N) is 3. The van der Waals surface area contributed by atoms with Crippen molar-refractivity contribution in [1.29, 1.82) is 0 Å². The zero-order valence-corrected chi connectivity index (χ0v) is 18.3. The number of amides is 1. The molecule has 0 aromatic heterocycles. The van der Waals surface area contributed by atoms with Crippen molar-refractivity contribution in [2.24, 2.45) is 0 Å². The molecule has 2 aromatic carbocycles. The van der Waals surface area contributed by atoms with Crippen molar-refractivity contribution in [2.75, 3.05) is 44.2 Å². The summed E-state index contributed by atoms with van der Waals surface area (Å²) in [6.45, 7) is 5.99. The molecule has 2 saturated heterocycles. The summed E-state index contributed by atoms with van der Waals surface area (Å²) >= 11 is 0. The van der Waals surface area contributed by atoms with Gasteiger partial charge in [0.25, 0.3) is 5.91 Å². The van der Waals surface area contributed by atoms with Crippen molar-refractivity contribution in [3.05, 3.63) is 59.7 Å². The van der Waals surface area contributed by atoms with Crippen molar-refractivity contribution in [1.82, 2.24) is 9.21 Å². The van der Waals surface area contributed by atoms with Crippen LogP contribution in [0.2, 0.25) is 0 Å². The van der Waals surface area contributed by atoms with Crippen LogP contribution in [0, 0.1) is 6.92 Å². The van der Waals surface area contributed by atoms with E-state index in [4.69, 9.17) is 0 Å². The summed E-state index contributed by atoms with van der Waals surface area (Å²) in [4.78, 5) is 17.4. The third kappa shape index (κ3) is 4.23. The summed E-state index contributed by atoms with van der Waals surface area (Å²) in [5.74, 6) is -0.102. The fraction of sp³-hybridized carbons (Fsp3) is 0.435. The van der Waals surface area contributed by atoms with Crippen molar-refractivity contribution in [2.45, 2.75) is 31.1 Å². The van der Waals surface area contributed by atoms with E-state index in [-0.39, 0.29) is 10.8 Å². The van der Waals surface area contributed by atoms with Gasteiger partial charge in [-0.25, -0.2) is 8.42 Å². The summed E-state index contributed by atoms with van der Waals surface area (Å²) < 4.78 is 27.5. The lowest BCUT2D eigenvalue weighted by Gasteiger charge is -2.37. The number of piperazine rings is 1. The molecule has 2 aromatic rings. The number of benzene rings is 2. The zero-order chi connectivity index (χ0) is 21.1. The van der Waals surface area contributed by atoms with E-state index in [0.717, 1.165) is 32.4 Å². The van der Waals surface area contributed by atoms with E-state index in [0.29, 0.717) is 31.7 Å². The largest absolute Gasteiger partial charge is 0.368 e. The molecule has 2 aliphatic heterocycles. The molecule has 0 spiro atoms. The van der Waals surface area contributed by atoms with E-state index in [1.54, 1.807) is 28.6 Å². The lowest BCUT2D eigenvalue weighted by atomic mass is 10.1. The summed E-state index contributed by atoms with van der Waals surface area (Å²) in [7, 11) is -3.54. The fourth-order valence-corrected chi connectivity index (χ4v) is 5.86. The summed E-state index contributed by atoms with van der Waals surface area (Å²) in [5.41, 5.74) is 2.88. The number of para-hydroxylation sites is 1. The summed E-state index contributed by atoms with van der Waals surface area (Å²) in [5, 5.41) is 0. The van der Waals surface area contributed by atoms with Gasteiger partial charge in [-0.3, -0.25) is 4.79 Å². The molecule has 160 valence electrons. The highest BCUT2D eigenvalue weighted by Crippen LogP contribution is 2.24. The maximum atomic E-state index is 13.1. The van der Waals surface area contributed by atoms with Gasteiger partial charge in [-0.1, -0.05) is 30.7 Å². The molecule has 1 amide bonds. The van der Waals surface area contributed by atoms with Gasteiger partial charge >= 0.3 is 0 Å². The molecule has 30 heavy (non-hydrogen) atoms. The van der Waals surface area contributed by atoms with Crippen LogP contribution in [0.5, 0.6) is 0 Å². The number of anilines is 1. The van der Waals surface area contributed by atoms with Crippen molar-refractivity contribution in [3.8, 4) is 0 Å². The molecule has 0 N–H and O–H groups in total. The predicted octanol–water partition coefficient (Wildman–Crippen LogP) is 3.13. The standard InChI is InChI=1S/C23H29N3O3S/c1-19-8-3-4-11-22(19)24-14-16-25(17-15-24)23(27)20-9-7-10-21(18-20)30(28,29)26-12-5-2-6-13-26/h3-4,7-11,18H,2,5-6,12-17H2,1H3. The highest BCUT2D eigenvalue weighted by molar-refractivity contribution is 7.89.